The number of hydrogen-bond donors (Lipinski definition) is 0. The molecule has 15 heavy (non-hydrogen) atoms. The molecule has 0 N–H and O–H groups in total. The minimum atomic E-state index is -0.380. The molecule has 0 heterocycles. The van der Waals surface area contributed by atoms with Gasteiger partial charge < -0.3 is 3.07 Å². The molecule has 0 aliphatic heterocycles. The predicted octanol–water partition coefficient (Wildman–Crippen LogP) is 1.84. The topological polar surface area (TPSA) is 60.4 Å². The molecule has 1 aliphatic carbocycles. The Hall–Kier alpha value is -0.460. The largest absolute Gasteiger partial charge is 0.394 e. The van der Waals surface area contributed by atoms with Crippen molar-refractivity contribution in [2.75, 3.05) is 0 Å². The highest BCUT2D eigenvalue weighted by molar-refractivity contribution is 14.1. The molecule has 0 saturated heterocycles. The van der Waals surface area contributed by atoms with Gasteiger partial charge in [-0.05, 0) is 25.7 Å². The molecule has 0 spiro atoms. The molecule has 5 heteroatoms. The van der Waals surface area contributed by atoms with Crippen LogP contribution < -0.4 is 0 Å². The van der Waals surface area contributed by atoms with Gasteiger partial charge in [-0.1, -0.05) is 0 Å². The third-order valence-corrected chi connectivity index (χ3v) is 3.29. The van der Waals surface area contributed by atoms with Crippen LogP contribution in [0, 0.1) is 11.8 Å². The van der Waals surface area contributed by atoms with Crippen molar-refractivity contribution in [3.8, 4) is 0 Å². The van der Waals surface area contributed by atoms with Crippen LogP contribution in [0.1, 0.15) is 32.6 Å². The number of Topliss-reactive ketones (excluding diaryl/α,β-unsaturated/α-hetero) is 2. The minimum Gasteiger partial charge on any atom is -0.394 e. The Bertz CT molecular complexity index is 279. The van der Waals surface area contributed by atoms with Gasteiger partial charge in [0.15, 0.2) is 28.8 Å². The summed E-state index contributed by atoms with van der Waals surface area (Å²) in [5.41, 5.74) is 0. The summed E-state index contributed by atoms with van der Waals surface area (Å²) in [5.74, 6) is -1.17. The summed E-state index contributed by atoms with van der Waals surface area (Å²) in [6.07, 6.45) is 2.53. The molecular formula is C10H13IO4. The zero-order chi connectivity index (χ0) is 11.4. The van der Waals surface area contributed by atoms with Crippen LogP contribution in [0.25, 0.3) is 0 Å². The first-order valence-electron chi connectivity index (χ1n) is 4.93. The Morgan fingerprint density at radius 3 is 1.93 bits per heavy atom. The van der Waals surface area contributed by atoms with Gasteiger partial charge in [-0.25, -0.2) is 0 Å². The second kappa shape index (κ2) is 5.58. The van der Waals surface area contributed by atoms with Gasteiger partial charge in [0.25, 0.3) is 0 Å². The SMILES string of the molecule is CC(=O)C(=O)C1CCC(C(=O)OI)CC1. The van der Waals surface area contributed by atoms with E-state index in [1.807, 2.05) is 0 Å². The quantitative estimate of drug-likeness (QED) is 0.587. The van der Waals surface area contributed by atoms with Gasteiger partial charge in [-0.2, -0.15) is 0 Å². The Morgan fingerprint density at radius 1 is 1.07 bits per heavy atom. The standard InChI is InChI=1S/C10H13IO4/c1-6(12)9(13)7-2-4-8(5-3-7)10(14)15-11/h7-8H,2-5H2,1H3. The van der Waals surface area contributed by atoms with Crippen molar-refractivity contribution >= 4 is 40.5 Å². The molecule has 0 bridgehead atoms. The maximum absolute atomic E-state index is 11.4. The molecule has 0 amide bonds. The third-order valence-electron chi connectivity index (χ3n) is 2.85. The lowest BCUT2D eigenvalue weighted by Gasteiger charge is -2.24. The van der Waals surface area contributed by atoms with E-state index in [1.165, 1.54) is 6.92 Å². The van der Waals surface area contributed by atoms with Gasteiger partial charge in [0, 0.05) is 12.8 Å². The Balaban J connectivity index is 2.46. The number of rotatable bonds is 3. The van der Waals surface area contributed by atoms with E-state index in [0.717, 1.165) is 0 Å². The predicted molar refractivity (Wildman–Crippen MR) is 61.2 cm³/mol. The van der Waals surface area contributed by atoms with Crippen LogP contribution >= 0.6 is 23.0 Å². The summed E-state index contributed by atoms with van der Waals surface area (Å²) in [6, 6.07) is 0. The van der Waals surface area contributed by atoms with Crippen LogP contribution in [-0.4, -0.2) is 17.5 Å². The zero-order valence-corrected chi connectivity index (χ0v) is 10.7. The summed E-state index contributed by atoms with van der Waals surface area (Å²) >= 11 is 1.57. The molecule has 1 fully saturated rings. The molecule has 0 aromatic heterocycles. The fourth-order valence-electron chi connectivity index (χ4n) is 1.94. The fourth-order valence-corrected chi connectivity index (χ4v) is 2.30. The average molecular weight is 324 g/mol. The minimum absolute atomic E-state index is 0.0992. The third kappa shape index (κ3) is 3.25. The first-order valence-corrected chi connectivity index (χ1v) is 5.81. The Morgan fingerprint density at radius 2 is 1.53 bits per heavy atom. The summed E-state index contributed by atoms with van der Waals surface area (Å²) in [7, 11) is 0. The van der Waals surface area contributed by atoms with E-state index >= 15 is 0 Å². The molecule has 0 atom stereocenters. The molecule has 1 rings (SSSR count). The van der Waals surface area contributed by atoms with Crippen molar-refractivity contribution in [3.63, 3.8) is 0 Å². The maximum Gasteiger partial charge on any atom is 0.318 e. The van der Waals surface area contributed by atoms with Crippen LogP contribution in [0.2, 0.25) is 0 Å². The normalized spacial score (nSPS) is 25.7. The molecule has 0 radical (unpaired) electrons. The molecule has 1 aliphatic rings. The number of halogens is 1. The number of hydrogen-bond acceptors (Lipinski definition) is 4. The van der Waals surface area contributed by atoms with Crippen molar-refractivity contribution in [2.24, 2.45) is 11.8 Å². The molecule has 84 valence electrons. The Kier molecular flexibility index (Phi) is 4.69. The highest BCUT2D eigenvalue weighted by Gasteiger charge is 2.31. The van der Waals surface area contributed by atoms with E-state index in [2.05, 4.69) is 3.07 Å². The smallest absolute Gasteiger partial charge is 0.318 e. The van der Waals surface area contributed by atoms with E-state index in [1.54, 1.807) is 23.0 Å². The summed E-state index contributed by atoms with van der Waals surface area (Å²) < 4.78 is 4.61. The molecule has 4 nitrogen and oxygen atoms in total. The lowest BCUT2D eigenvalue weighted by Crippen LogP contribution is -2.29. The van der Waals surface area contributed by atoms with Crippen LogP contribution in [0.3, 0.4) is 0 Å². The summed E-state index contributed by atoms with van der Waals surface area (Å²) in [5, 5.41) is 0. The van der Waals surface area contributed by atoms with Crippen molar-refractivity contribution in [1.82, 2.24) is 0 Å². The van der Waals surface area contributed by atoms with Gasteiger partial charge in [0.05, 0.1) is 5.92 Å². The zero-order valence-electron chi connectivity index (χ0n) is 8.49. The highest BCUT2D eigenvalue weighted by atomic mass is 127. The van der Waals surface area contributed by atoms with Crippen LogP contribution in [0.15, 0.2) is 0 Å². The first-order chi connectivity index (χ1) is 7.06. The highest BCUT2D eigenvalue weighted by Crippen LogP contribution is 2.30. The second-order valence-corrected chi connectivity index (χ2v) is 4.31. The van der Waals surface area contributed by atoms with Crippen molar-refractivity contribution in [2.45, 2.75) is 32.6 Å². The van der Waals surface area contributed by atoms with Crippen LogP contribution in [0.4, 0.5) is 0 Å². The second-order valence-electron chi connectivity index (χ2n) is 3.87. The van der Waals surface area contributed by atoms with Crippen LogP contribution in [-0.2, 0) is 17.4 Å². The van der Waals surface area contributed by atoms with Crippen LogP contribution in [0.5, 0.6) is 0 Å². The van der Waals surface area contributed by atoms with E-state index in [9.17, 15) is 14.4 Å². The van der Waals surface area contributed by atoms with E-state index in [0.29, 0.717) is 25.7 Å². The molecule has 0 unspecified atom stereocenters. The number of carbonyl (C=O) groups excluding carboxylic acids is 3. The molecule has 0 aromatic rings. The average Bonchev–Trinajstić information content (AvgIpc) is 2.27. The van der Waals surface area contributed by atoms with Gasteiger partial charge in [-0.3, -0.25) is 14.4 Å². The van der Waals surface area contributed by atoms with Gasteiger partial charge in [-0.15, -0.1) is 0 Å². The van der Waals surface area contributed by atoms with E-state index in [4.69, 9.17) is 0 Å². The van der Waals surface area contributed by atoms with Gasteiger partial charge >= 0.3 is 5.97 Å². The molecule has 0 aromatic carbocycles. The fraction of sp³-hybridized carbons (Fsp3) is 0.700. The van der Waals surface area contributed by atoms with Crippen molar-refractivity contribution in [1.29, 1.82) is 0 Å². The number of ketones is 2. The van der Waals surface area contributed by atoms with Crippen molar-refractivity contribution < 1.29 is 17.4 Å². The number of carbonyl (C=O) groups is 3. The maximum atomic E-state index is 11.4. The van der Waals surface area contributed by atoms with Gasteiger partial charge in [0.1, 0.15) is 0 Å². The Labute approximate surface area is 102 Å². The monoisotopic (exact) mass is 324 g/mol. The van der Waals surface area contributed by atoms with E-state index < -0.39 is 0 Å². The van der Waals surface area contributed by atoms with Crippen molar-refractivity contribution in [3.05, 3.63) is 0 Å². The first kappa shape index (κ1) is 12.6. The lowest BCUT2D eigenvalue weighted by molar-refractivity contribution is -0.141. The van der Waals surface area contributed by atoms with E-state index in [-0.39, 0.29) is 29.4 Å². The summed E-state index contributed by atoms with van der Waals surface area (Å²) in [6.45, 7) is 1.30. The summed E-state index contributed by atoms with van der Waals surface area (Å²) in [4.78, 5) is 33.4. The molecule has 1 saturated carbocycles. The lowest BCUT2D eigenvalue weighted by atomic mass is 9.79. The molecular weight excluding hydrogens is 311 g/mol. The van der Waals surface area contributed by atoms with Gasteiger partial charge in [0.2, 0.25) is 5.78 Å².